The highest BCUT2D eigenvalue weighted by Gasteiger charge is 2.44. The fourth-order valence-electron chi connectivity index (χ4n) is 2.89. The quantitative estimate of drug-likeness (QED) is 0.395. The van der Waals surface area contributed by atoms with Gasteiger partial charge in [-0.05, 0) is 25.1 Å². The molecule has 0 bridgehead atoms. The molecular formula is C17H12F6N6O4S. The van der Waals surface area contributed by atoms with Gasteiger partial charge in [0.15, 0.2) is 5.82 Å². The first-order valence-corrected chi connectivity index (χ1v) is 10.3. The predicted molar refractivity (Wildman–Crippen MR) is 99.1 cm³/mol. The van der Waals surface area contributed by atoms with Crippen LogP contribution in [0.25, 0.3) is 5.95 Å². The van der Waals surface area contributed by atoms with E-state index in [1.165, 1.54) is 25.4 Å². The van der Waals surface area contributed by atoms with Gasteiger partial charge in [0.05, 0.1) is 22.7 Å². The number of amides is 1. The number of halogens is 6. The summed E-state index contributed by atoms with van der Waals surface area (Å²) in [5.41, 5.74) is -5.84. The normalized spacial score (nSPS) is 13.5. The van der Waals surface area contributed by atoms with E-state index in [1.807, 2.05) is 5.32 Å². The van der Waals surface area contributed by atoms with E-state index < -0.39 is 62.1 Å². The topological polar surface area (TPSA) is 140 Å². The van der Waals surface area contributed by atoms with E-state index in [9.17, 15) is 39.6 Å². The minimum absolute atomic E-state index is 0.0280. The molecule has 0 aliphatic rings. The summed E-state index contributed by atoms with van der Waals surface area (Å²) in [4.78, 5) is 22.2. The van der Waals surface area contributed by atoms with Gasteiger partial charge < -0.3 is 5.32 Å². The van der Waals surface area contributed by atoms with E-state index in [2.05, 4.69) is 20.1 Å². The number of carbonyl (C=O) groups excluding carboxylic acids is 1. The molecule has 0 saturated carbocycles. The van der Waals surface area contributed by atoms with E-state index in [4.69, 9.17) is 4.55 Å². The molecule has 1 amide bonds. The summed E-state index contributed by atoms with van der Waals surface area (Å²) in [5.74, 6) is -1.85. The summed E-state index contributed by atoms with van der Waals surface area (Å²) in [6.07, 6.45) is -7.27. The van der Waals surface area contributed by atoms with Crippen molar-refractivity contribution in [1.82, 2.24) is 30.0 Å². The largest absolute Gasteiger partial charge is 0.418 e. The third-order valence-corrected chi connectivity index (χ3v) is 5.16. The highest BCUT2D eigenvalue weighted by molar-refractivity contribution is 7.85. The molecule has 0 aliphatic carbocycles. The van der Waals surface area contributed by atoms with Crippen molar-refractivity contribution in [2.24, 2.45) is 0 Å². The molecule has 0 aliphatic heterocycles. The molecule has 2 heterocycles. The summed E-state index contributed by atoms with van der Waals surface area (Å²) in [7, 11) is -5.81. The number of hydrogen-bond acceptors (Lipinski definition) is 7. The Morgan fingerprint density at radius 2 is 1.68 bits per heavy atom. The third-order valence-electron chi connectivity index (χ3n) is 4.29. The molecule has 1 atom stereocenters. The fraction of sp³-hybridized carbons (Fsp3) is 0.235. The first-order chi connectivity index (χ1) is 15.6. The summed E-state index contributed by atoms with van der Waals surface area (Å²) in [6, 6.07) is -0.347. The minimum atomic E-state index is -5.81. The fourth-order valence-corrected chi connectivity index (χ4v) is 3.65. The van der Waals surface area contributed by atoms with Gasteiger partial charge in [0, 0.05) is 12.4 Å². The zero-order valence-electron chi connectivity index (χ0n) is 16.6. The Morgan fingerprint density at radius 3 is 2.21 bits per heavy atom. The molecule has 2 N–H and O–H groups in total. The van der Waals surface area contributed by atoms with Gasteiger partial charge >= 0.3 is 12.4 Å². The minimum Gasteiger partial charge on any atom is -0.342 e. The van der Waals surface area contributed by atoms with Crippen molar-refractivity contribution in [2.45, 2.75) is 30.2 Å². The molecule has 0 fully saturated rings. The Hall–Kier alpha value is -3.60. The van der Waals surface area contributed by atoms with Gasteiger partial charge in [-0.15, -0.1) is 0 Å². The molecule has 2 aromatic heterocycles. The lowest BCUT2D eigenvalue weighted by Gasteiger charge is -2.20. The number of benzene rings is 1. The SMILES string of the molecule is CC(NC(=O)c1cc(C(F)(F)F)cc(S(=O)(=O)O)c1C(F)(F)F)c1ncnn1-c1ncccn1. The van der Waals surface area contributed by atoms with Crippen molar-refractivity contribution >= 4 is 16.0 Å². The van der Waals surface area contributed by atoms with Gasteiger partial charge in [0.1, 0.15) is 11.2 Å². The summed E-state index contributed by atoms with van der Waals surface area (Å²) in [6.45, 7) is 1.23. The zero-order valence-corrected chi connectivity index (χ0v) is 17.4. The molecule has 3 aromatic rings. The summed E-state index contributed by atoms with van der Waals surface area (Å²) >= 11 is 0. The Balaban J connectivity index is 2.11. The molecule has 0 spiro atoms. The highest BCUT2D eigenvalue weighted by Crippen LogP contribution is 2.41. The van der Waals surface area contributed by atoms with Crippen molar-refractivity contribution in [1.29, 1.82) is 0 Å². The maximum atomic E-state index is 13.6. The van der Waals surface area contributed by atoms with E-state index in [0.717, 1.165) is 11.0 Å². The first-order valence-electron chi connectivity index (χ1n) is 8.88. The summed E-state index contributed by atoms with van der Waals surface area (Å²) in [5, 5.41) is 5.84. The number of hydrogen-bond donors (Lipinski definition) is 2. The Labute approximate surface area is 186 Å². The molecule has 182 valence electrons. The second-order valence-corrected chi connectivity index (χ2v) is 8.03. The van der Waals surface area contributed by atoms with Gasteiger partial charge in [-0.25, -0.2) is 15.0 Å². The van der Waals surface area contributed by atoms with Gasteiger partial charge in [0.25, 0.3) is 22.0 Å². The van der Waals surface area contributed by atoms with Crippen molar-refractivity contribution in [3.05, 3.63) is 59.4 Å². The Morgan fingerprint density at radius 1 is 1.06 bits per heavy atom. The van der Waals surface area contributed by atoms with E-state index in [1.54, 1.807) is 0 Å². The Bertz CT molecular complexity index is 1320. The van der Waals surface area contributed by atoms with Crippen molar-refractivity contribution in [3.63, 3.8) is 0 Å². The van der Waals surface area contributed by atoms with Crippen LogP contribution < -0.4 is 5.32 Å². The van der Waals surface area contributed by atoms with E-state index >= 15 is 0 Å². The monoisotopic (exact) mass is 510 g/mol. The molecule has 0 saturated heterocycles. The van der Waals surface area contributed by atoms with Gasteiger partial charge in [-0.3, -0.25) is 9.35 Å². The molecular weight excluding hydrogens is 498 g/mol. The molecule has 10 nitrogen and oxygen atoms in total. The van der Waals surface area contributed by atoms with E-state index in [0.29, 0.717) is 0 Å². The van der Waals surface area contributed by atoms with Crippen molar-refractivity contribution < 1.29 is 44.1 Å². The number of rotatable bonds is 5. The van der Waals surface area contributed by atoms with Crippen LogP contribution in [0.1, 0.15) is 40.3 Å². The van der Waals surface area contributed by atoms with Crippen LogP contribution in [0.5, 0.6) is 0 Å². The van der Waals surface area contributed by atoms with Crippen LogP contribution in [0, 0.1) is 0 Å². The molecule has 1 aromatic carbocycles. The number of alkyl halides is 6. The lowest BCUT2D eigenvalue weighted by Crippen LogP contribution is -2.32. The second kappa shape index (κ2) is 8.64. The third kappa shape index (κ3) is 5.14. The maximum Gasteiger partial charge on any atom is 0.418 e. The maximum absolute atomic E-state index is 13.6. The second-order valence-electron chi connectivity index (χ2n) is 6.64. The van der Waals surface area contributed by atoms with Gasteiger partial charge in [0.2, 0.25) is 0 Å². The standard InChI is InChI=1S/C17H12F6N6O4S/c1-8(13-26-7-27-29(13)15-24-3-2-4-25-15)28-14(30)10-5-9(16(18,19)20)6-11(34(31,32)33)12(10)17(21,22)23/h2-8H,1H3,(H,28,30)(H,31,32,33). The number of aromatic nitrogens is 5. The van der Waals surface area contributed by atoms with Crippen LogP contribution in [-0.2, 0) is 22.5 Å². The average molecular weight is 510 g/mol. The van der Waals surface area contributed by atoms with Crippen molar-refractivity contribution in [3.8, 4) is 5.95 Å². The Kier molecular flexibility index (Phi) is 6.36. The number of nitrogens with zero attached hydrogens (tertiary/aromatic N) is 5. The lowest BCUT2D eigenvalue weighted by atomic mass is 10.0. The lowest BCUT2D eigenvalue weighted by molar-refractivity contribution is -0.143. The summed E-state index contributed by atoms with van der Waals surface area (Å²) < 4.78 is 114. The first kappa shape index (κ1) is 25.0. The molecule has 0 radical (unpaired) electrons. The van der Waals surface area contributed by atoms with Crippen LogP contribution in [0.4, 0.5) is 26.3 Å². The predicted octanol–water partition coefficient (Wildman–Crippen LogP) is 2.83. The molecule has 17 heteroatoms. The number of nitrogens with one attached hydrogen (secondary N) is 1. The highest BCUT2D eigenvalue weighted by atomic mass is 32.2. The molecule has 1 unspecified atom stereocenters. The zero-order chi connectivity index (χ0) is 25.5. The van der Waals surface area contributed by atoms with Crippen molar-refractivity contribution in [2.75, 3.05) is 0 Å². The number of carbonyl (C=O) groups is 1. The van der Waals surface area contributed by atoms with E-state index in [-0.39, 0.29) is 17.8 Å². The molecule has 3 rings (SSSR count). The average Bonchev–Trinajstić information content (AvgIpc) is 3.21. The van der Waals surface area contributed by atoms with Gasteiger partial charge in [-0.2, -0.15) is 44.5 Å². The molecule has 34 heavy (non-hydrogen) atoms. The van der Waals surface area contributed by atoms with Crippen LogP contribution in [0.2, 0.25) is 0 Å². The van der Waals surface area contributed by atoms with Crippen LogP contribution in [0.15, 0.2) is 41.8 Å². The van der Waals surface area contributed by atoms with Crippen LogP contribution in [0.3, 0.4) is 0 Å². The van der Waals surface area contributed by atoms with Crippen LogP contribution in [-0.4, -0.2) is 43.6 Å². The smallest absolute Gasteiger partial charge is 0.342 e. The van der Waals surface area contributed by atoms with Crippen LogP contribution >= 0.6 is 0 Å². The van der Waals surface area contributed by atoms with Gasteiger partial charge in [-0.1, -0.05) is 0 Å².